The van der Waals surface area contributed by atoms with Crippen molar-refractivity contribution in [1.82, 2.24) is 9.97 Å². The Bertz CT molecular complexity index is 480. The van der Waals surface area contributed by atoms with Crippen LogP contribution in [0.3, 0.4) is 0 Å². The third-order valence-electron chi connectivity index (χ3n) is 2.31. The van der Waals surface area contributed by atoms with Crippen LogP contribution >= 0.6 is 0 Å². The van der Waals surface area contributed by atoms with Gasteiger partial charge in [0.05, 0.1) is 5.69 Å². The van der Waals surface area contributed by atoms with Crippen molar-refractivity contribution in [2.24, 2.45) is 5.73 Å². The van der Waals surface area contributed by atoms with Gasteiger partial charge in [-0.3, -0.25) is 0 Å². The van der Waals surface area contributed by atoms with Crippen LogP contribution in [0.5, 0.6) is 0 Å². The molecule has 5 nitrogen and oxygen atoms in total. The highest BCUT2D eigenvalue weighted by molar-refractivity contribution is 7.90. The number of nitrogens with two attached hydrogens (primary N) is 1. The molecule has 1 fully saturated rings. The zero-order valence-corrected chi connectivity index (χ0v) is 9.29. The molecule has 0 bridgehead atoms. The molecule has 1 aliphatic rings. The first kappa shape index (κ1) is 10.5. The van der Waals surface area contributed by atoms with E-state index >= 15 is 0 Å². The summed E-state index contributed by atoms with van der Waals surface area (Å²) < 4.78 is 22.7. The van der Waals surface area contributed by atoms with Gasteiger partial charge in [-0.25, -0.2) is 18.4 Å². The lowest BCUT2D eigenvalue weighted by Gasteiger charge is -2.04. The molecule has 1 heterocycles. The second kappa shape index (κ2) is 3.53. The van der Waals surface area contributed by atoms with Crippen LogP contribution in [0.1, 0.15) is 30.1 Å². The van der Waals surface area contributed by atoms with Gasteiger partial charge in [-0.1, -0.05) is 0 Å². The lowest BCUT2D eigenvalue weighted by molar-refractivity contribution is 0.590. The van der Waals surface area contributed by atoms with Crippen molar-refractivity contribution >= 4 is 9.84 Å². The fourth-order valence-corrected chi connectivity index (χ4v) is 1.91. The van der Waals surface area contributed by atoms with Crippen molar-refractivity contribution in [2.45, 2.75) is 30.5 Å². The van der Waals surface area contributed by atoms with E-state index in [2.05, 4.69) is 9.97 Å². The Morgan fingerprint density at radius 2 is 2.13 bits per heavy atom. The van der Waals surface area contributed by atoms with E-state index in [9.17, 15) is 8.42 Å². The second-order valence-electron chi connectivity index (χ2n) is 3.82. The molecule has 82 valence electrons. The van der Waals surface area contributed by atoms with Crippen molar-refractivity contribution < 1.29 is 8.42 Å². The van der Waals surface area contributed by atoms with Crippen LogP contribution in [0.2, 0.25) is 0 Å². The normalized spacial score (nSPS) is 16.7. The van der Waals surface area contributed by atoms with Gasteiger partial charge in [-0.15, -0.1) is 0 Å². The Morgan fingerprint density at radius 1 is 1.47 bits per heavy atom. The number of aromatic nitrogens is 2. The van der Waals surface area contributed by atoms with Crippen LogP contribution in [0.4, 0.5) is 0 Å². The van der Waals surface area contributed by atoms with E-state index in [4.69, 9.17) is 5.73 Å². The molecule has 0 radical (unpaired) electrons. The summed E-state index contributed by atoms with van der Waals surface area (Å²) in [6, 6.07) is 1.80. The van der Waals surface area contributed by atoms with E-state index in [-0.39, 0.29) is 11.7 Å². The first-order valence-electron chi connectivity index (χ1n) is 4.78. The van der Waals surface area contributed by atoms with Gasteiger partial charge in [-0.05, 0) is 18.9 Å². The first-order valence-corrected chi connectivity index (χ1v) is 6.68. The summed E-state index contributed by atoms with van der Waals surface area (Å²) >= 11 is 0. The molecule has 1 aliphatic carbocycles. The van der Waals surface area contributed by atoms with Gasteiger partial charge in [0, 0.05) is 24.4 Å². The molecule has 0 saturated heterocycles. The Kier molecular flexibility index (Phi) is 2.47. The van der Waals surface area contributed by atoms with Crippen molar-refractivity contribution in [3.8, 4) is 0 Å². The summed E-state index contributed by atoms with van der Waals surface area (Å²) in [6.07, 6.45) is 3.26. The highest BCUT2D eigenvalue weighted by Crippen LogP contribution is 2.39. The van der Waals surface area contributed by atoms with Crippen LogP contribution in [0.25, 0.3) is 0 Å². The molecule has 0 spiro atoms. The van der Waals surface area contributed by atoms with E-state index in [1.165, 1.54) is 0 Å². The number of hydrogen-bond acceptors (Lipinski definition) is 5. The number of hydrogen-bond donors (Lipinski definition) is 1. The molecular weight excluding hydrogens is 214 g/mol. The van der Waals surface area contributed by atoms with Gasteiger partial charge < -0.3 is 5.73 Å². The molecule has 2 rings (SSSR count). The van der Waals surface area contributed by atoms with Crippen LogP contribution in [-0.4, -0.2) is 24.6 Å². The first-order chi connectivity index (χ1) is 7.00. The molecule has 0 amide bonds. The third-order valence-corrected chi connectivity index (χ3v) is 3.16. The third kappa shape index (κ3) is 2.32. The maximum Gasteiger partial charge on any atom is 0.247 e. The minimum absolute atomic E-state index is 0.104. The summed E-state index contributed by atoms with van der Waals surface area (Å²) in [5, 5.41) is -0.104. The average molecular weight is 227 g/mol. The zero-order valence-electron chi connectivity index (χ0n) is 8.47. The Labute approximate surface area is 88.7 Å². The van der Waals surface area contributed by atoms with Gasteiger partial charge >= 0.3 is 0 Å². The summed E-state index contributed by atoms with van der Waals surface area (Å²) in [7, 11) is -3.34. The largest absolute Gasteiger partial charge is 0.325 e. The molecule has 6 heteroatoms. The van der Waals surface area contributed by atoms with E-state index < -0.39 is 9.84 Å². The van der Waals surface area contributed by atoms with Crippen molar-refractivity contribution in [1.29, 1.82) is 0 Å². The molecule has 1 aromatic rings. The van der Waals surface area contributed by atoms with Crippen molar-refractivity contribution in [3.05, 3.63) is 17.5 Å². The standard InChI is InChI=1S/C9H13N3O2S/c1-15(13,14)9-11-7(5-10)4-8(12-9)6-2-3-6/h4,6H,2-3,5,10H2,1H3. The lowest BCUT2D eigenvalue weighted by atomic mass is 10.2. The van der Waals surface area contributed by atoms with Gasteiger partial charge in [0.1, 0.15) is 0 Å². The lowest BCUT2D eigenvalue weighted by Crippen LogP contribution is -2.10. The smallest absolute Gasteiger partial charge is 0.247 e. The minimum Gasteiger partial charge on any atom is -0.325 e. The van der Waals surface area contributed by atoms with Crippen LogP contribution in [0.15, 0.2) is 11.2 Å². The SMILES string of the molecule is CS(=O)(=O)c1nc(CN)cc(C2CC2)n1. The number of sulfone groups is 1. The molecule has 1 saturated carbocycles. The van der Waals surface area contributed by atoms with Crippen LogP contribution < -0.4 is 5.73 Å². The average Bonchev–Trinajstić information content (AvgIpc) is 2.99. The Balaban J connectivity index is 2.50. The highest BCUT2D eigenvalue weighted by Gasteiger charge is 2.27. The van der Waals surface area contributed by atoms with Gasteiger partial charge in [0.25, 0.3) is 0 Å². The molecule has 15 heavy (non-hydrogen) atoms. The topological polar surface area (TPSA) is 85.9 Å². The summed E-state index contributed by atoms with van der Waals surface area (Å²) in [5.41, 5.74) is 6.87. The van der Waals surface area contributed by atoms with Gasteiger partial charge in [0.2, 0.25) is 15.0 Å². The predicted molar refractivity (Wildman–Crippen MR) is 55.0 cm³/mol. The second-order valence-corrected chi connectivity index (χ2v) is 5.73. The fourth-order valence-electron chi connectivity index (χ4n) is 1.35. The fraction of sp³-hybridized carbons (Fsp3) is 0.556. The van der Waals surface area contributed by atoms with Crippen LogP contribution in [0, 0.1) is 0 Å². The molecule has 0 atom stereocenters. The van der Waals surface area contributed by atoms with E-state index in [1.807, 2.05) is 0 Å². The Morgan fingerprint density at radius 3 is 2.60 bits per heavy atom. The predicted octanol–water partition coefficient (Wildman–Crippen LogP) is 0.216. The van der Waals surface area contributed by atoms with E-state index in [0.717, 1.165) is 24.8 Å². The molecule has 0 aliphatic heterocycles. The van der Waals surface area contributed by atoms with Gasteiger partial charge in [0.15, 0.2) is 0 Å². The zero-order chi connectivity index (χ0) is 11.1. The quantitative estimate of drug-likeness (QED) is 0.746. The molecule has 1 aromatic heterocycles. The highest BCUT2D eigenvalue weighted by atomic mass is 32.2. The molecule has 0 unspecified atom stereocenters. The van der Waals surface area contributed by atoms with E-state index in [0.29, 0.717) is 11.6 Å². The molecular formula is C9H13N3O2S. The number of nitrogens with zero attached hydrogens (tertiary/aromatic N) is 2. The maximum atomic E-state index is 11.3. The summed E-state index contributed by atoms with van der Waals surface area (Å²) in [6.45, 7) is 0.241. The number of rotatable bonds is 3. The molecule has 2 N–H and O–H groups in total. The van der Waals surface area contributed by atoms with Crippen LogP contribution in [-0.2, 0) is 16.4 Å². The minimum atomic E-state index is -3.34. The maximum absolute atomic E-state index is 11.3. The van der Waals surface area contributed by atoms with Crippen molar-refractivity contribution in [2.75, 3.05) is 6.26 Å². The van der Waals surface area contributed by atoms with E-state index in [1.54, 1.807) is 6.07 Å². The molecule has 0 aromatic carbocycles. The summed E-state index contributed by atoms with van der Waals surface area (Å²) in [4.78, 5) is 7.97. The van der Waals surface area contributed by atoms with Crippen molar-refractivity contribution in [3.63, 3.8) is 0 Å². The summed E-state index contributed by atoms with van der Waals surface area (Å²) in [5.74, 6) is 0.402. The monoisotopic (exact) mass is 227 g/mol. The van der Waals surface area contributed by atoms with Gasteiger partial charge in [-0.2, -0.15) is 0 Å². The Hall–Kier alpha value is -1.01.